The Labute approximate surface area is 183 Å². The van der Waals surface area contributed by atoms with Crippen LogP contribution >= 0.6 is 11.3 Å². The first-order valence-corrected chi connectivity index (χ1v) is 11.2. The first kappa shape index (κ1) is 23.9. The molecule has 3 atom stereocenters. The highest BCUT2D eigenvalue weighted by molar-refractivity contribution is 7.14. The van der Waals surface area contributed by atoms with Gasteiger partial charge in [-0.25, -0.2) is 4.79 Å². The third-order valence-electron chi connectivity index (χ3n) is 5.01. The molecule has 2 rings (SSSR count). The largest absolute Gasteiger partial charge is 0.465 e. The number of aliphatic hydroxyl groups excluding tert-OH is 1. The van der Waals surface area contributed by atoms with E-state index in [9.17, 15) is 14.7 Å². The van der Waals surface area contributed by atoms with E-state index in [0.29, 0.717) is 24.3 Å². The third-order valence-corrected chi connectivity index (χ3v) is 6.04. The molecule has 1 fully saturated rings. The predicted octanol–water partition coefficient (Wildman–Crippen LogP) is 4.29. The molecule has 30 heavy (non-hydrogen) atoms. The third kappa shape index (κ3) is 7.16. The van der Waals surface area contributed by atoms with Gasteiger partial charge in [-0.1, -0.05) is 32.1 Å². The Morgan fingerprint density at radius 1 is 1.43 bits per heavy atom. The Kier molecular flexibility index (Phi) is 9.85. The summed E-state index contributed by atoms with van der Waals surface area (Å²) in [6.07, 6.45) is 10.9. The van der Waals surface area contributed by atoms with Gasteiger partial charge in [-0.05, 0) is 37.0 Å². The second-order valence-corrected chi connectivity index (χ2v) is 8.52. The maximum absolute atomic E-state index is 12.3. The number of hydrogen-bond donors (Lipinski definition) is 1. The van der Waals surface area contributed by atoms with Crippen molar-refractivity contribution in [1.82, 2.24) is 4.90 Å². The molecule has 1 saturated heterocycles. The van der Waals surface area contributed by atoms with Gasteiger partial charge >= 0.3 is 5.97 Å². The zero-order valence-electron chi connectivity index (χ0n) is 18.0. The molecule has 162 valence electrons. The highest BCUT2D eigenvalue weighted by atomic mass is 32.1. The summed E-state index contributed by atoms with van der Waals surface area (Å²) in [4.78, 5) is 27.1. The highest BCUT2D eigenvalue weighted by Crippen LogP contribution is 2.22. The molecule has 6 heteroatoms. The summed E-state index contributed by atoms with van der Waals surface area (Å²) < 4.78 is 4.72. The van der Waals surface area contributed by atoms with Crippen LogP contribution in [-0.2, 0) is 9.53 Å². The molecule has 1 aliphatic rings. The van der Waals surface area contributed by atoms with Gasteiger partial charge in [0.05, 0.1) is 19.3 Å². The van der Waals surface area contributed by atoms with Gasteiger partial charge in [0, 0.05) is 30.7 Å². The number of methoxy groups -OCH3 is 1. The molecule has 0 aliphatic carbocycles. The van der Waals surface area contributed by atoms with Gasteiger partial charge in [-0.2, -0.15) is 0 Å². The van der Waals surface area contributed by atoms with Crippen molar-refractivity contribution in [3.05, 3.63) is 40.1 Å². The van der Waals surface area contributed by atoms with Gasteiger partial charge < -0.3 is 14.7 Å². The molecule has 0 saturated carbocycles. The molecule has 0 spiro atoms. The lowest BCUT2D eigenvalue weighted by Gasteiger charge is -2.21. The first-order chi connectivity index (χ1) is 14.5. The number of likely N-dealkylation sites (tertiary alicyclic amines) is 1. The number of ether oxygens (including phenoxy) is 1. The molecule has 0 aromatic carbocycles. The molecule has 1 aromatic rings. The van der Waals surface area contributed by atoms with Crippen LogP contribution in [0.1, 0.15) is 60.5 Å². The molecule has 0 unspecified atom stereocenters. The topological polar surface area (TPSA) is 66.8 Å². The number of nitrogens with zero attached hydrogens (tertiary/aromatic N) is 1. The van der Waals surface area contributed by atoms with Crippen molar-refractivity contribution in [3.8, 4) is 11.8 Å². The molecule has 2 heterocycles. The van der Waals surface area contributed by atoms with Gasteiger partial charge in [-0.3, -0.25) is 4.79 Å². The van der Waals surface area contributed by atoms with Crippen molar-refractivity contribution in [2.24, 2.45) is 5.92 Å². The van der Waals surface area contributed by atoms with Crippen molar-refractivity contribution in [2.75, 3.05) is 13.7 Å². The van der Waals surface area contributed by atoms with Crippen LogP contribution in [-0.4, -0.2) is 47.7 Å². The van der Waals surface area contributed by atoms with Crippen molar-refractivity contribution < 1.29 is 19.4 Å². The van der Waals surface area contributed by atoms with Crippen LogP contribution in [0.5, 0.6) is 0 Å². The standard InChI is InChI=1S/C24H31NO4S/c1-4-5-6-7-9-18(2)21(26)14-11-19-12-16-23(27)25(19)17-8-10-20-13-15-22(30-20)24(28)29-3/h8,10-11,13-15,18-19,21,26H,4-5,9,12,16-17H2,1-3H3/t18-,19-,21+/m0/s1. The van der Waals surface area contributed by atoms with Crippen molar-refractivity contribution in [3.63, 3.8) is 0 Å². The normalized spacial score (nSPS) is 18.6. The van der Waals surface area contributed by atoms with Crippen LogP contribution < -0.4 is 0 Å². The minimum absolute atomic E-state index is 0.0101. The van der Waals surface area contributed by atoms with Crippen LogP contribution in [0.4, 0.5) is 0 Å². The Morgan fingerprint density at radius 3 is 2.97 bits per heavy atom. The summed E-state index contributed by atoms with van der Waals surface area (Å²) in [5.41, 5.74) is 0. The maximum Gasteiger partial charge on any atom is 0.348 e. The lowest BCUT2D eigenvalue weighted by Crippen LogP contribution is -2.32. The van der Waals surface area contributed by atoms with Gasteiger partial charge in [0.15, 0.2) is 0 Å². The number of hydrogen-bond acceptors (Lipinski definition) is 5. The summed E-state index contributed by atoms with van der Waals surface area (Å²) in [6, 6.07) is 3.58. The minimum atomic E-state index is -0.572. The van der Waals surface area contributed by atoms with Crippen LogP contribution in [0.2, 0.25) is 0 Å². The SMILES string of the molecule is CCCC#CC[C@H](C)[C@H](O)C=C[C@H]1CCC(=O)N1CC=Cc1ccc(C(=O)OC)s1. The number of carbonyl (C=O) groups excluding carboxylic acids is 2. The van der Waals surface area contributed by atoms with Crippen LogP contribution in [0.15, 0.2) is 30.4 Å². The van der Waals surface area contributed by atoms with Crippen LogP contribution in [0.3, 0.4) is 0 Å². The molecular formula is C24H31NO4S. The van der Waals surface area contributed by atoms with Crippen LogP contribution in [0, 0.1) is 17.8 Å². The van der Waals surface area contributed by atoms with E-state index >= 15 is 0 Å². The number of amides is 1. The molecule has 1 aromatic heterocycles. The summed E-state index contributed by atoms with van der Waals surface area (Å²) in [7, 11) is 1.36. The molecule has 1 N–H and O–H groups in total. The van der Waals surface area contributed by atoms with Crippen molar-refractivity contribution in [2.45, 2.75) is 58.1 Å². The summed E-state index contributed by atoms with van der Waals surface area (Å²) in [6.45, 7) is 4.58. The second-order valence-electron chi connectivity index (χ2n) is 7.41. The summed E-state index contributed by atoms with van der Waals surface area (Å²) in [5, 5.41) is 10.4. The van der Waals surface area contributed by atoms with E-state index in [1.165, 1.54) is 18.4 Å². The van der Waals surface area contributed by atoms with Gasteiger partial charge in [0.1, 0.15) is 4.88 Å². The number of esters is 1. The fraction of sp³-hybridized carbons (Fsp3) is 0.500. The molecular weight excluding hydrogens is 398 g/mol. The van der Waals surface area contributed by atoms with E-state index < -0.39 is 6.10 Å². The average molecular weight is 430 g/mol. The zero-order chi connectivity index (χ0) is 21.9. The Morgan fingerprint density at radius 2 is 2.23 bits per heavy atom. The maximum atomic E-state index is 12.3. The van der Waals surface area contributed by atoms with Gasteiger partial charge in [0.25, 0.3) is 0 Å². The van der Waals surface area contributed by atoms with E-state index in [1.807, 2.05) is 36.1 Å². The summed E-state index contributed by atoms with van der Waals surface area (Å²) >= 11 is 1.35. The Balaban J connectivity index is 1.90. The molecule has 0 radical (unpaired) electrons. The fourth-order valence-electron chi connectivity index (χ4n) is 3.13. The lowest BCUT2D eigenvalue weighted by atomic mass is 10.00. The monoisotopic (exact) mass is 429 g/mol. The molecule has 1 aliphatic heterocycles. The Bertz CT molecular complexity index is 830. The smallest absolute Gasteiger partial charge is 0.348 e. The predicted molar refractivity (Wildman–Crippen MR) is 121 cm³/mol. The van der Waals surface area contributed by atoms with E-state index in [1.54, 1.807) is 12.1 Å². The molecule has 1 amide bonds. The highest BCUT2D eigenvalue weighted by Gasteiger charge is 2.28. The van der Waals surface area contributed by atoms with E-state index in [-0.39, 0.29) is 23.8 Å². The van der Waals surface area contributed by atoms with Gasteiger partial charge in [0.2, 0.25) is 5.91 Å². The van der Waals surface area contributed by atoms with E-state index in [0.717, 1.165) is 24.1 Å². The zero-order valence-corrected chi connectivity index (χ0v) is 18.8. The number of unbranched alkanes of at least 4 members (excludes halogenated alkanes) is 1. The number of thiophene rings is 1. The number of rotatable bonds is 9. The molecule has 5 nitrogen and oxygen atoms in total. The van der Waals surface area contributed by atoms with E-state index in [4.69, 9.17) is 4.74 Å². The Hall–Kier alpha value is -2.36. The van der Waals surface area contributed by atoms with Gasteiger partial charge in [-0.15, -0.1) is 23.2 Å². The fourth-order valence-corrected chi connectivity index (χ4v) is 3.98. The molecule has 0 bridgehead atoms. The van der Waals surface area contributed by atoms with Crippen molar-refractivity contribution >= 4 is 29.3 Å². The minimum Gasteiger partial charge on any atom is -0.465 e. The first-order valence-electron chi connectivity index (χ1n) is 10.4. The summed E-state index contributed by atoms with van der Waals surface area (Å²) in [5.74, 6) is 6.05. The average Bonchev–Trinajstić information content (AvgIpc) is 3.36. The quantitative estimate of drug-likeness (QED) is 0.361. The second kappa shape index (κ2) is 12.4. The lowest BCUT2D eigenvalue weighted by molar-refractivity contribution is -0.127. The van der Waals surface area contributed by atoms with E-state index in [2.05, 4.69) is 18.8 Å². The number of carbonyl (C=O) groups is 2. The number of aliphatic hydroxyl groups is 1. The van der Waals surface area contributed by atoms with Crippen molar-refractivity contribution in [1.29, 1.82) is 0 Å². The van der Waals surface area contributed by atoms with Crippen LogP contribution in [0.25, 0.3) is 6.08 Å².